The highest BCUT2D eigenvalue weighted by atomic mass is 19.1. The van der Waals surface area contributed by atoms with Crippen LogP contribution in [0.4, 0.5) is 10.1 Å². The molecule has 0 bridgehead atoms. The number of aliphatic hydroxyl groups excluding tert-OH is 1. The van der Waals surface area contributed by atoms with Gasteiger partial charge in [-0.2, -0.15) is 0 Å². The molecule has 0 unspecified atom stereocenters. The maximum absolute atomic E-state index is 13.5. The molecule has 0 aliphatic carbocycles. The van der Waals surface area contributed by atoms with Gasteiger partial charge in [0.15, 0.2) is 0 Å². The molecule has 2 rings (SSSR count). The van der Waals surface area contributed by atoms with Crippen LogP contribution in [0.25, 0.3) is 0 Å². The molecule has 0 radical (unpaired) electrons. The van der Waals surface area contributed by atoms with Crippen LogP contribution in [-0.2, 0) is 11.4 Å². The quantitative estimate of drug-likeness (QED) is 0.795. The summed E-state index contributed by atoms with van der Waals surface area (Å²) in [5, 5.41) is 12.0. The van der Waals surface area contributed by atoms with Gasteiger partial charge in [0.05, 0.1) is 6.61 Å². The van der Waals surface area contributed by atoms with Crippen LogP contribution < -0.4 is 10.2 Å². The molecule has 1 fully saturated rings. The van der Waals surface area contributed by atoms with Gasteiger partial charge in [-0.05, 0) is 12.1 Å². The van der Waals surface area contributed by atoms with Crippen molar-refractivity contribution in [3.8, 4) is 0 Å². The van der Waals surface area contributed by atoms with Gasteiger partial charge < -0.3 is 15.3 Å². The van der Waals surface area contributed by atoms with Crippen LogP contribution in [0.3, 0.4) is 0 Å². The zero-order valence-electron chi connectivity index (χ0n) is 9.45. The van der Waals surface area contributed by atoms with Crippen LogP contribution in [0, 0.1) is 5.82 Å². The van der Waals surface area contributed by atoms with E-state index in [0.29, 0.717) is 37.3 Å². The van der Waals surface area contributed by atoms with Crippen LogP contribution in [0.2, 0.25) is 0 Å². The second kappa shape index (κ2) is 5.14. The summed E-state index contributed by atoms with van der Waals surface area (Å²) in [7, 11) is 0. The zero-order chi connectivity index (χ0) is 12.3. The first-order chi connectivity index (χ1) is 8.22. The van der Waals surface area contributed by atoms with Crippen molar-refractivity contribution < 1.29 is 14.3 Å². The lowest BCUT2D eigenvalue weighted by Crippen LogP contribution is -2.29. The molecule has 0 spiro atoms. The predicted octanol–water partition coefficient (Wildman–Crippen LogP) is 0.644. The third kappa shape index (κ3) is 2.55. The second-order valence-electron chi connectivity index (χ2n) is 3.98. The average molecular weight is 238 g/mol. The summed E-state index contributed by atoms with van der Waals surface area (Å²) in [5.41, 5.74) is 0.964. The average Bonchev–Trinajstić information content (AvgIpc) is 2.54. The number of nitrogens with zero attached hydrogens (tertiary/aromatic N) is 1. The highest BCUT2D eigenvalue weighted by Gasteiger charge is 2.17. The molecule has 1 heterocycles. The number of amides is 1. The number of benzene rings is 1. The highest BCUT2D eigenvalue weighted by Crippen LogP contribution is 2.23. The molecule has 2 N–H and O–H groups in total. The van der Waals surface area contributed by atoms with E-state index in [1.165, 1.54) is 6.07 Å². The van der Waals surface area contributed by atoms with Gasteiger partial charge in [0, 0.05) is 37.3 Å². The lowest BCUT2D eigenvalue weighted by Gasteiger charge is -2.24. The molecular formula is C12H15FN2O2. The van der Waals surface area contributed by atoms with Crippen molar-refractivity contribution in [2.75, 3.05) is 24.5 Å². The predicted molar refractivity (Wildman–Crippen MR) is 62.2 cm³/mol. The number of carbonyl (C=O) groups is 1. The van der Waals surface area contributed by atoms with Crippen molar-refractivity contribution in [3.63, 3.8) is 0 Å². The summed E-state index contributed by atoms with van der Waals surface area (Å²) in [6, 6.07) is 4.71. The highest BCUT2D eigenvalue weighted by molar-refractivity contribution is 5.77. The van der Waals surface area contributed by atoms with Gasteiger partial charge in [0.25, 0.3) is 0 Å². The van der Waals surface area contributed by atoms with Crippen molar-refractivity contribution >= 4 is 11.6 Å². The van der Waals surface area contributed by atoms with Gasteiger partial charge in [-0.3, -0.25) is 4.79 Å². The van der Waals surface area contributed by atoms with E-state index < -0.39 is 5.82 Å². The van der Waals surface area contributed by atoms with Gasteiger partial charge in [-0.15, -0.1) is 0 Å². The monoisotopic (exact) mass is 238 g/mol. The lowest BCUT2D eigenvalue weighted by atomic mass is 10.1. The minimum atomic E-state index is -0.409. The van der Waals surface area contributed by atoms with Gasteiger partial charge in [0.1, 0.15) is 5.82 Å². The molecule has 1 aliphatic heterocycles. The van der Waals surface area contributed by atoms with Gasteiger partial charge in [-0.1, -0.05) is 6.07 Å². The number of hydrogen-bond acceptors (Lipinski definition) is 3. The summed E-state index contributed by atoms with van der Waals surface area (Å²) in [6.07, 6.45) is 0.390. The summed E-state index contributed by atoms with van der Waals surface area (Å²) in [5.74, 6) is -0.400. The molecule has 5 heteroatoms. The number of anilines is 1. The Hall–Kier alpha value is -1.62. The van der Waals surface area contributed by atoms with E-state index in [1.54, 1.807) is 12.1 Å². The molecule has 1 aromatic carbocycles. The first-order valence-electron chi connectivity index (χ1n) is 5.62. The molecule has 1 amide bonds. The lowest BCUT2D eigenvalue weighted by molar-refractivity contribution is -0.120. The minimum absolute atomic E-state index is 0.00875. The number of aliphatic hydroxyl groups is 1. The maximum Gasteiger partial charge on any atom is 0.221 e. The zero-order valence-corrected chi connectivity index (χ0v) is 9.45. The van der Waals surface area contributed by atoms with Crippen molar-refractivity contribution in [2.24, 2.45) is 0 Å². The second-order valence-corrected chi connectivity index (χ2v) is 3.98. The number of hydrogen-bond donors (Lipinski definition) is 2. The van der Waals surface area contributed by atoms with Crippen LogP contribution in [-0.4, -0.2) is 30.6 Å². The summed E-state index contributed by atoms with van der Waals surface area (Å²) < 4.78 is 13.5. The molecule has 17 heavy (non-hydrogen) atoms. The standard InChI is InChI=1S/C12H15FN2O2/c13-10-2-1-3-11(9(10)8-16)15-6-4-12(17)14-5-7-15/h1-3,16H,4-8H2,(H,14,17). The maximum atomic E-state index is 13.5. The Morgan fingerprint density at radius 2 is 2.24 bits per heavy atom. The van der Waals surface area contributed by atoms with E-state index in [-0.39, 0.29) is 12.5 Å². The first kappa shape index (κ1) is 11.9. The Bertz CT molecular complexity index is 423. The van der Waals surface area contributed by atoms with Crippen molar-refractivity contribution in [1.82, 2.24) is 5.32 Å². The van der Waals surface area contributed by atoms with E-state index in [1.807, 2.05) is 4.90 Å². The van der Waals surface area contributed by atoms with Crippen molar-refractivity contribution in [3.05, 3.63) is 29.6 Å². The summed E-state index contributed by atoms with van der Waals surface area (Å²) >= 11 is 0. The summed E-state index contributed by atoms with van der Waals surface area (Å²) in [6.45, 7) is 1.38. The van der Waals surface area contributed by atoms with Gasteiger partial charge in [0.2, 0.25) is 5.91 Å². The summed E-state index contributed by atoms with van der Waals surface area (Å²) in [4.78, 5) is 13.1. The van der Waals surface area contributed by atoms with E-state index >= 15 is 0 Å². The number of carbonyl (C=O) groups excluding carboxylic acids is 1. The molecule has 0 atom stereocenters. The first-order valence-corrected chi connectivity index (χ1v) is 5.62. The van der Waals surface area contributed by atoms with E-state index in [2.05, 4.69) is 5.32 Å². The normalized spacial score (nSPS) is 16.6. The van der Waals surface area contributed by atoms with Crippen LogP contribution in [0.1, 0.15) is 12.0 Å². The molecule has 92 valence electrons. The van der Waals surface area contributed by atoms with Crippen LogP contribution >= 0.6 is 0 Å². The van der Waals surface area contributed by atoms with E-state index in [0.717, 1.165) is 0 Å². The molecule has 0 aromatic heterocycles. The third-order valence-corrected chi connectivity index (χ3v) is 2.91. The molecule has 4 nitrogen and oxygen atoms in total. The van der Waals surface area contributed by atoms with Crippen LogP contribution in [0.5, 0.6) is 0 Å². The van der Waals surface area contributed by atoms with Gasteiger partial charge >= 0.3 is 0 Å². The smallest absolute Gasteiger partial charge is 0.221 e. The third-order valence-electron chi connectivity index (χ3n) is 2.91. The fraction of sp³-hybridized carbons (Fsp3) is 0.417. The molecule has 1 aliphatic rings. The van der Waals surface area contributed by atoms with Crippen molar-refractivity contribution in [1.29, 1.82) is 0 Å². The fourth-order valence-electron chi connectivity index (χ4n) is 2.01. The fourth-order valence-corrected chi connectivity index (χ4v) is 2.01. The SMILES string of the molecule is O=C1CCN(c2cccc(F)c2CO)CCN1. The van der Waals surface area contributed by atoms with Crippen LogP contribution in [0.15, 0.2) is 18.2 Å². The Labute approximate surface area is 99.0 Å². The number of rotatable bonds is 2. The Balaban J connectivity index is 2.26. The Morgan fingerprint density at radius 3 is 3.00 bits per heavy atom. The largest absolute Gasteiger partial charge is 0.391 e. The van der Waals surface area contributed by atoms with E-state index in [4.69, 9.17) is 0 Å². The Kier molecular flexibility index (Phi) is 3.58. The van der Waals surface area contributed by atoms with E-state index in [9.17, 15) is 14.3 Å². The topological polar surface area (TPSA) is 52.6 Å². The van der Waals surface area contributed by atoms with Crippen molar-refractivity contribution in [2.45, 2.75) is 13.0 Å². The van der Waals surface area contributed by atoms with Gasteiger partial charge in [-0.25, -0.2) is 4.39 Å². The Morgan fingerprint density at radius 1 is 1.41 bits per heavy atom. The molecule has 0 saturated carbocycles. The molecular weight excluding hydrogens is 223 g/mol. The molecule has 1 aromatic rings. The molecule has 1 saturated heterocycles. The number of nitrogens with one attached hydrogen (secondary N) is 1. The number of halogens is 1. The minimum Gasteiger partial charge on any atom is -0.391 e.